The fraction of sp³-hybridized carbons (Fsp3) is 0.500. The molecule has 0 amide bonds. The van der Waals surface area contributed by atoms with Crippen molar-refractivity contribution in [3.05, 3.63) is 28.8 Å². The summed E-state index contributed by atoms with van der Waals surface area (Å²) in [6.45, 7) is 6.29. The van der Waals surface area contributed by atoms with E-state index in [4.69, 9.17) is 4.74 Å². The minimum absolute atomic E-state index is 0.123. The number of rotatable bonds is 1. The first-order chi connectivity index (χ1) is 7.18. The number of nitrogens with one attached hydrogen (secondary N) is 1. The molecule has 0 aromatic heterocycles. The van der Waals surface area contributed by atoms with E-state index < -0.39 is 0 Å². The molecule has 0 bridgehead atoms. The zero-order valence-electron chi connectivity index (χ0n) is 9.21. The van der Waals surface area contributed by atoms with Crippen molar-refractivity contribution in [1.29, 1.82) is 0 Å². The fourth-order valence-electron chi connectivity index (χ4n) is 1.87. The Bertz CT molecular complexity index is 357. The van der Waals surface area contributed by atoms with Crippen LogP contribution in [0.1, 0.15) is 22.7 Å². The van der Waals surface area contributed by atoms with Gasteiger partial charge in [0.2, 0.25) is 0 Å². The lowest BCUT2D eigenvalue weighted by Gasteiger charge is -2.25. The van der Waals surface area contributed by atoms with Gasteiger partial charge in [0, 0.05) is 12.1 Å². The van der Waals surface area contributed by atoms with Gasteiger partial charge in [-0.15, -0.1) is 0 Å². The highest BCUT2D eigenvalue weighted by molar-refractivity contribution is 5.42. The molecule has 0 saturated carbocycles. The number of benzene rings is 1. The van der Waals surface area contributed by atoms with Crippen molar-refractivity contribution in [2.24, 2.45) is 0 Å². The highest BCUT2D eigenvalue weighted by Crippen LogP contribution is 2.28. The number of morpholine rings is 1. The van der Waals surface area contributed by atoms with Crippen molar-refractivity contribution in [3.63, 3.8) is 0 Å². The lowest BCUT2D eigenvalue weighted by atomic mass is 9.99. The number of hydrogen-bond acceptors (Lipinski definition) is 3. The van der Waals surface area contributed by atoms with Crippen LogP contribution in [0.25, 0.3) is 0 Å². The molecule has 1 aliphatic rings. The van der Waals surface area contributed by atoms with Crippen LogP contribution in [0.5, 0.6) is 5.75 Å². The van der Waals surface area contributed by atoms with Crippen molar-refractivity contribution in [1.82, 2.24) is 5.32 Å². The van der Waals surface area contributed by atoms with Crippen molar-refractivity contribution in [3.8, 4) is 5.75 Å². The van der Waals surface area contributed by atoms with E-state index in [9.17, 15) is 5.11 Å². The van der Waals surface area contributed by atoms with Gasteiger partial charge in [0.25, 0.3) is 0 Å². The predicted molar refractivity (Wildman–Crippen MR) is 59.1 cm³/mol. The third kappa shape index (κ3) is 2.13. The second kappa shape index (κ2) is 4.21. The molecule has 2 N–H and O–H groups in total. The second-order valence-electron chi connectivity index (χ2n) is 4.08. The number of phenols is 1. The van der Waals surface area contributed by atoms with E-state index in [1.165, 1.54) is 5.56 Å². The van der Waals surface area contributed by atoms with E-state index in [0.717, 1.165) is 24.3 Å². The van der Waals surface area contributed by atoms with Gasteiger partial charge in [-0.3, -0.25) is 0 Å². The van der Waals surface area contributed by atoms with Crippen LogP contribution < -0.4 is 5.32 Å². The maximum absolute atomic E-state index is 9.87. The third-order valence-electron chi connectivity index (χ3n) is 2.94. The Morgan fingerprint density at radius 2 is 2.07 bits per heavy atom. The minimum Gasteiger partial charge on any atom is -0.508 e. The highest BCUT2D eigenvalue weighted by atomic mass is 16.5. The van der Waals surface area contributed by atoms with Gasteiger partial charge in [0.15, 0.2) is 0 Å². The zero-order valence-corrected chi connectivity index (χ0v) is 9.21. The zero-order chi connectivity index (χ0) is 10.8. The molecule has 1 aliphatic heterocycles. The first-order valence-electron chi connectivity index (χ1n) is 5.29. The molecule has 0 radical (unpaired) electrons. The van der Waals surface area contributed by atoms with E-state index in [1.54, 1.807) is 0 Å². The van der Waals surface area contributed by atoms with Crippen molar-refractivity contribution in [2.75, 3.05) is 19.8 Å². The summed E-state index contributed by atoms with van der Waals surface area (Å²) in [6, 6.07) is 3.98. The first kappa shape index (κ1) is 10.5. The van der Waals surface area contributed by atoms with Crippen LogP contribution in [0, 0.1) is 13.8 Å². The predicted octanol–water partition coefficient (Wildman–Crippen LogP) is 1.67. The molecule has 0 aliphatic carbocycles. The van der Waals surface area contributed by atoms with Gasteiger partial charge in [0.05, 0.1) is 19.3 Å². The Kier molecular flexibility index (Phi) is 2.93. The van der Waals surface area contributed by atoms with Crippen LogP contribution in [0.3, 0.4) is 0 Å². The molecular weight excluding hydrogens is 190 g/mol. The lowest BCUT2D eigenvalue weighted by molar-refractivity contribution is 0.0761. The Morgan fingerprint density at radius 1 is 1.33 bits per heavy atom. The maximum Gasteiger partial charge on any atom is 0.120 e. The molecule has 0 spiro atoms. The summed E-state index contributed by atoms with van der Waals surface area (Å²) in [7, 11) is 0. The topological polar surface area (TPSA) is 41.5 Å². The summed E-state index contributed by atoms with van der Waals surface area (Å²) in [4.78, 5) is 0. The molecule has 1 aromatic rings. The largest absolute Gasteiger partial charge is 0.508 e. The summed E-state index contributed by atoms with van der Waals surface area (Å²) in [5.41, 5.74) is 3.26. The molecule has 1 saturated heterocycles. The van der Waals surface area contributed by atoms with Crippen LogP contribution >= 0.6 is 0 Å². The SMILES string of the molecule is Cc1cc(O)c(C2COCCN2)cc1C. The van der Waals surface area contributed by atoms with Gasteiger partial charge in [-0.25, -0.2) is 0 Å². The number of phenolic OH excluding ortho intramolecular Hbond substituents is 1. The average molecular weight is 207 g/mol. The van der Waals surface area contributed by atoms with Crippen LogP contribution in [0.15, 0.2) is 12.1 Å². The molecule has 2 rings (SSSR count). The summed E-state index contributed by atoms with van der Waals surface area (Å²) in [5, 5.41) is 13.2. The van der Waals surface area contributed by atoms with Crippen LogP contribution in [-0.4, -0.2) is 24.9 Å². The van der Waals surface area contributed by atoms with Gasteiger partial charge in [-0.2, -0.15) is 0 Å². The fourth-order valence-corrected chi connectivity index (χ4v) is 1.87. The van der Waals surface area contributed by atoms with Crippen LogP contribution in [0.2, 0.25) is 0 Å². The molecule has 1 atom stereocenters. The van der Waals surface area contributed by atoms with Gasteiger partial charge in [0.1, 0.15) is 5.75 Å². The summed E-state index contributed by atoms with van der Waals surface area (Å²) >= 11 is 0. The summed E-state index contributed by atoms with van der Waals surface area (Å²) in [6.07, 6.45) is 0. The summed E-state index contributed by atoms with van der Waals surface area (Å²) < 4.78 is 5.39. The smallest absolute Gasteiger partial charge is 0.120 e. The van der Waals surface area contributed by atoms with Crippen molar-refractivity contribution < 1.29 is 9.84 Å². The number of aryl methyl sites for hydroxylation is 2. The number of aromatic hydroxyl groups is 1. The van der Waals surface area contributed by atoms with Gasteiger partial charge < -0.3 is 15.2 Å². The molecular formula is C12H17NO2. The van der Waals surface area contributed by atoms with E-state index in [-0.39, 0.29) is 6.04 Å². The Labute approximate surface area is 90.1 Å². The van der Waals surface area contributed by atoms with E-state index in [0.29, 0.717) is 12.4 Å². The molecule has 3 heteroatoms. The van der Waals surface area contributed by atoms with Crippen molar-refractivity contribution in [2.45, 2.75) is 19.9 Å². The third-order valence-corrected chi connectivity index (χ3v) is 2.94. The van der Waals surface area contributed by atoms with Crippen LogP contribution in [0.4, 0.5) is 0 Å². The normalized spacial score (nSPS) is 21.6. The van der Waals surface area contributed by atoms with Gasteiger partial charge in [-0.1, -0.05) is 6.07 Å². The summed E-state index contributed by atoms with van der Waals surface area (Å²) in [5.74, 6) is 0.362. The van der Waals surface area contributed by atoms with Gasteiger partial charge in [-0.05, 0) is 31.0 Å². The molecule has 1 heterocycles. The van der Waals surface area contributed by atoms with Gasteiger partial charge >= 0.3 is 0 Å². The number of hydrogen-bond donors (Lipinski definition) is 2. The molecule has 1 aromatic carbocycles. The maximum atomic E-state index is 9.87. The number of ether oxygens (including phenoxy) is 1. The quantitative estimate of drug-likeness (QED) is 0.736. The van der Waals surface area contributed by atoms with E-state index >= 15 is 0 Å². The molecule has 15 heavy (non-hydrogen) atoms. The monoisotopic (exact) mass is 207 g/mol. The molecule has 3 nitrogen and oxygen atoms in total. The Morgan fingerprint density at radius 3 is 2.73 bits per heavy atom. The second-order valence-corrected chi connectivity index (χ2v) is 4.08. The molecule has 1 unspecified atom stereocenters. The molecule has 82 valence electrons. The first-order valence-corrected chi connectivity index (χ1v) is 5.29. The molecule has 1 fully saturated rings. The Balaban J connectivity index is 2.30. The van der Waals surface area contributed by atoms with E-state index in [2.05, 4.69) is 12.2 Å². The Hall–Kier alpha value is -1.06. The lowest BCUT2D eigenvalue weighted by Crippen LogP contribution is -2.34. The average Bonchev–Trinajstić information content (AvgIpc) is 2.25. The van der Waals surface area contributed by atoms with Crippen molar-refractivity contribution >= 4 is 0 Å². The van der Waals surface area contributed by atoms with Crippen LogP contribution in [-0.2, 0) is 4.74 Å². The highest BCUT2D eigenvalue weighted by Gasteiger charge is 2.18. The standard InChI is InChI=1S/C12H17NO2/c1-8-5-10(12(14)6-9(8)2)11-7-15-4-3-13-11/h5-6,11,13-14H,3-4,7H2,1-2H3. The van der Waals surface area contributed by atoms with E-state index in [1.807, 2.05) is 19.1 Å². The minimum atomic E-state index is 0.123.